The Morgan fingerprint density at radius 2 is 1.51 bits per heavy atom. The topological polar surface area (TPSA) is 160 Å². The summed E-state index contributed by atoms with van der Waals surface area (Å²) in [7, 11) is 0. The number of fused-ring (bicyclic) bond motifs is 1. The lowest BCUT2D eigenvalue weighted by Gasteiger charge is -2.32. The summed E-state index contributed by atoms with van der Waals surface area (Å²) >= 11 is 0. The monoisotopic (exact) mass is 855 g/mol. The van der Waals surface area contributed by atoms with Crippen LogP contribution in [0.15, 0.2) is 132 Å². The largest absolute Gasteiger partial charge is 0.488 e. The van der Waals surface area contributed by atoms with E-state index in [0.29, 0.717) is 30.4 Å². The van der Waals surface area contributed by atoms with Crippen LogP contribution in [0.3, 0.4) is 0 Å². The maximum absolute atomic E-state index is 15.1. The predicted molar refractivity (Wildman–Crippen MR) is 241 cm³/mol. The number of nitrogens with zero attached hydrogens (tertiary/aromatic N) is 4. The summed E-state index contributed by atoms with van der Waals surface area (Å²) in [5.74, 6) is 0.207. The maximum Gasteiger partial charge on any atom is 0.329 e. The van der Waals surface area contributed by atoms with Crippen LogP contribution in [0.5, 0.6) is 5.75 Å². The van der Waals surface area contributed by atoms with Gasteiger partial charge in [0.15, 0.2) is 12.1 Å². The molecule has 0 aliphatic heterocycles. The summed E-state index contributed by atoms with van der Waals surface area (Å²) in [5, 5.41) is 12.4. The smallest absolute Gasteiger partial charge is 0.329 e. The molecule has 330 valence electrons. The standard InChI is InChI=1S/C49H57N7O7/c1-6-60-46(61-7-2)34-55(31-38-20-14-22-42-41(38)21-15-27-50-42)47(58)44(28-35-23-25-39(26-24-35)62-49(3,4)5)52-45(57)33-56(53-48(59)51-30-36-16-10-8-11-17-36)32-40-29-43(54-63-40)37-18-12-9-13-19-37/h8-27,29,44,46H,6-7,28,30-34H2,1-5H3,(H,52,57)(H2,51,53,59). The Kier molecular flexibility index (Phi) is 16.4. The van der Waals surface area contributed by atoms with Gasteiger partial charge in [-0.05, 0) is 75.6 Å². The van der Waals surface area contributed by atoms with Crippen molar-refractivity contribution >= 4 is 28.7 Å². The second kappa shape index (κ2) is 22.5. The molecule has 63 heavy (non-hydrogen) atoms. The van der Waals surface area contributed by atoms with Crippen molar-refractivity contribution in [1.82, 2.24) is 36.1 Å². The quantitative estimate of drug-likeness (QED) is 0.0491. The minimum atomic E-state index is -1.05. The van der Waals surface area contributed by atoms with Crippen LogP contribution < -0.4 is 20.8 Å². The zero-order chi connectivity index (χ0) is 44.6. The van der Waals surface area contributed by atoms with Gasteiger partial charge in [-0.3, -0.25) is 20.0 Å². The van der Waals surface area contributed by atoms with Gasteiger partial charge in [-0.2, -0.15) is 0 Å². The normalized spacial score (nSPS) is 12.0. The van der Waals surface area contributed by atoms with Crippen molar-refractivity contribution < 1.29 is 33.1 Å². The molecule has 4 aromatic carbocycles. The highest BCUT2D eigenvalue weighted by Gasteiger charge is 2.30. The Morgan fingerprint density at radius 1 is 0.794 bits per heavy atom. The van der Waals surface area contributed by atoms with Crippen molar-refractivity contribution in [3.05, 3.63) is 150 Å². The van der Waals surface area contributed by atoms with Gasteiger partial charge in [0.1, 0.15) is 23.1 Å². The van der Waals surface area contributed by atoms with Crippen LogP contribution in [-0.4, -0.2) is 82.1 Å². The average molecular weight is 856 g/mol. The lowest BCUT2D eigenvalue weighted by atomic mass is 10.0. The van der Waals surface area contributed by atoms with Crippen molar-refractivity contribution in [2.24, 2.45) is 0 Å². The lowest BCUT2D eigenvalue weighted by Crippen LogP contribution is -2.55. The first kappa shape index (κ1) is 45.9. The van der Waals surface area contributed by atoms with Gasteiger partial charge in [0.2, 0.25) is 11.8 Å². The first-order chi connectivity index (χ1) is 30.5. The second-order valence-electron chi connectivity index (χ2n) is 15.9. The highest BCUT2D eigenvalue weighted by Crippen LogP contribution is 2.23. The molecule has 3 N–H and O–H groups in total. The van der Waals surface area contributed by atoms with Gasteiger partial charge in [-0.15, -0.1) is 0 Å². The predicted octanol–water partition coefficient (Wildman–Crippen LogP) is 7.44. The third kappa shape index (κ3) is 14.2. The molecule has 6 aromatic rings. The Labute approximate surface area is 368 Å². The molecule has 14 heteroatoms. The van der Waals surface area contributed by atoms with Gasteiger partial charge in [-0.25, -0.2) is 9.80 Å². The molecule has 2 aromatic heterocycles. The first-order valence-corrected chi connectivity index (χ1v) is 21.2. The van der Waals surface area contributed by atoms with Gasteiger partial charge in [0.25, 0.3) is 0 Å². The van der Waals surface area contributed by atoms with Crippen LogP contribution in [0.1, 0.15) is 57.1 Å². The Balaban J connectivity index is 1.28. The van der Waals surface area contributed by atoms with Crippen molar-refractivity contribution in [2.75, 3.05) is 26.3 Å². The third-order valence-electron chi connectivity index (χ3n) is 9.77. The summed E-state index contributed by atoms with van der Waals surface area (Å²) < 4.78 is 23.6. The summed E-state index contributed by atoms with van der Waals surface area (Å²) in [6, 6.07) is 36.3. The van der Waals surface area contributed by atoms with E-state index < -0.39 is 29.9 Å². The van der Waals surface area contributed by atoms with Crippen LogP contribution in [-0.2, 0) is 45.1 Å². The SMILES string of the molecule is CCOC(CN(Cc1cccc2ncccc12)C(=O)C(Cc1ccc(OC(C)(C)C)cc1)NC(=O)CN(Cc1cc(-c2ccccc2)no1)NC(=O)NCc1ccccc1)OCC. The second-order valence-corrected chi connectivity index (χ2v) is 15.9. The van der Waals surface area contributed by atoms with Crippen molar-refractivity contribution in [1.29, 1.82) is 0 Å². The van der Waals surface area contributed by atoms with Crippen LogP contribution in [0.25, 0.3) is 22.2 Å². The number of rotatable bonds is 21. The maximum atomic E-state index is 15.1. The number of nitrogens with one attached hydrogen (secondary N) is 3. The zero-order valence-electron chi connectivity index (χ0n) is 36.6. The number of pyridine rings is 1. The molecule has 2 heterocycles. The Bertz CT molecular complexity index is 2360. The highest BCUT2D eigenvalue weighted by atomic mass is 16.7. The van der Waals surface area contributed by atoms with E-state index in [4.69, 9.17) is 18.7 Å². The molecule has 0 aliphatic rings. The fourth-order valence-corrected chi connectivity index (χ4v) is 6.98. The summed E-state index contributed by atoms with van der Waals surface area (Å²) in [5.41, 5.74) is 7.21. The summed E-state index contributed by atoms with van der Waals surface area (Å²) in [4.78, 5) is 48.9. The zero-order valence-corrected chi connectivity index (χ0v) is 36.6. The van der Waals surface area contributed by atoms with Gasteiger partial charge >= 0.3 is 6.03 Å². The number of carbonyl (C=O) groups is 3. The molecule has 0 spiro atoms. The molecule has 6 rings (SSSR count). The van der Waals surface area contributed by atoms with E-state index >= 15 is 4.79 Å². The number of amides is 4. The lowest BCUT2D eigenvalue weighted by molar-refractivity contribution is -0.161. The number of hydrogen-bond donors (Lipinski definition) is 3. The number of urea groups is 1. The molecule has 0 radical (unpaired) electrons. The van der Waals surface area contributed by atoms with Crippen LogP contribution in [0.4, 0.5) is 4.79 Å². The van der Waals surface area contributed by atoms with E-state index in [1.165, 1.54) is 5.01 Å². The van der Waals surface area contributed by atoms with Gasteiger partial charge in [0.05, 0.1) is 25.2 Å². The number of hydrazine groups is 1. The van der Waals surface area contributed by atoms with Crippen molar-refractivity contribution in [3.63, 3.8) is 0 Å². The molecule has 0 bridgehead atoms. The van der Waals surface area contributed by atoms with E-state index in [2.05, 4.69) is 26.2 Å². The highest BCUT2D eigenvalue weighted by molar-refractivity contribution is 5.89. The van der Waals surface area contributed by atoms with Gasteiger partial charge < -0.3 is 34.3 Å². The van der Waals surface area contributed by atoms with E-state index in [9.17, 15) is 9.59 Å². The van der Waals surface area contributed by atoms with Gasteiger partial charge in [0, 0.05) is 55.9 Å². The number of carbonyl (C=O) groups excluding carboxylic acids is 3. The molecule has 1 atom stereocenters. The fraction of sp³-hybridized carbons (Fsp3) is 0.327. The molecule has 1 unspecified atom stereocenters. The Morgan fingerprint density at radius 3 is 2.21 bits per heavy atom. The van der Waals surface area contributed by atoms with E-state index in [0.717, 1.165) is 33.2 Å². The van der Waals surface area contributed by atoms with E-state index in [1.807, 2.05) is 150 Å². The average Bonchev–Trinajstić information content (AvgIpc) is 3.74. The molecule has 14 nitrogen and oxygen atoms in total. The fourth-order valence-electron chi connectivity index (χ4n) is 6.98. The van der Waals surface area contributed by atoms with E-state index in [-0.39, 0.29) is 45.1 Å². The first-order valence-electron chi connectivity index (χ1n) is 21.2. The number of benzene rings is 4. The Hall–Kier alpha value is -6.61. The molecule has 4 amide bonds. The summed E-state index contributed by atoms with van der Waals surface area (Å²) in [6.45, 7) is 10.6. The molecule has 0 aliphatic carbocycles. The van der Waals surface area contributed by atoms with Crippen molar-refractivity contribution in [2.45, 2.75) is 78.6 Å². The minimum Gasteiger partial charge on any atom is -0.488 e. The van der Waals surface area contributed by atoms with Crippen LogP contribution >= 0.6 is 0 Å². The number of ether oxygens (including phenoxy) is 3. The van der Waals surface area contributed by atoms with Crippen molar-refractivity contribution in [3.8, 4) is 17.0 Å². The molecule has 0 saturated carbocycles. The van der Waals surface area contributed by atoms with Gasteiger partial charge in [-0.1, -0.05) is 96.2 Å². The minimum absolute atomic E-state index is 0.00843. The summed E-state index contributed by atoms with van der Waals surface area (Å²) in [6.07, 6.45) is 1.16. The van der Waals surface area contributed by atoms with Crippen LogP contribution in [0.2, 0.25) is 0 Å². The molecule has 0 fully saturated rings. The molecule has 0 saturated heterocycles. The van der Waals surface area contributed by atoms with Crippen LogP contribution in [0, 0.1) is 0 Å². The molecular weight excluding hydrogens is 799 g/mol. The molecular formula is C49H57N7O7. The number of aromatic nitrogens is 2. The third-order valence-corrected chi connectivity index (χ3v) is 9.77. The van der Waals surface area contributed by atoms with E-state index in [1.54, 1.807) is 17.2 Å². The number of hydrogen-bond acceptors (Lipinski definition) is 10.